The van der Waals surface area contributed by atoms with Crippen molar-refractivity contribution in [2.75, 3.05) is 26.8 Å². The van der Waals surface area contributed by atoms with Crippen LogP contribution in [0, 0.1) is 0 Å². The quantitative estimate of drug-likeness (QED) is 0.385. The van der Waals surface area contributed by atoms with Gasteiger partial charge in [0.25, 0.3) is 5.91 Å². The van der Waals surface area contributed by atoms with Crippen LogP contribution >= 0.6 is 0 Å². The van der Waals surface area contributed by atoms with E-state index in [4.69, 9.17) is 10.6 Å². The molecule has 0 radical (unpaired) electrons. The number of nitrogens with zero attached hydrogens (tertiary/aromatic N) is 1. The Labute approximate surface area is 123 Å². The van der Waals surface area contributed by atoms with E-state index in [-0.39, 0.29) is 17.9 Å². The molecule has 0 aliphatic carbocycles. The number of hydrogen-bond acceptors (Lipinski definition) is 5. The van der Waals surface area contributed by atoms with Crippen LogP contribution in [-0.2, 0) is 16.1 Å². The van der Waals surface area contributed by atoms with E-state index in [0.717, 1.165) is 5.56 Å². The number of nitrogens with two attached hydrogens (primary N) is 1. The Morgan fingerprint density at radius 1 is 1.43 bits per heavy atom. The fourth-order valence-electron chi connectivity index (χ4n) is 2.41. The van der Waals surface area contributed by atoms with E-state index in [0.29, 0.717) is 31.9 Å². The second-order valence-corrected chi connectivity index (χ2v) is 4.81. The predicted molar refractivity (Wildman–Crippen MR) is 77.2 cm³/mol. The third kappa shape index (κ3) is 3.57. The highest BCUT2D eigenvalue weighted by Crippen LogP contribution is 2.16. The van der Waals surface area contributed by atoms with Crippen LogP contribution in [0.1, 0.15) is 15.9 Å². The molecule has 0 aromatic heterocycles. The topological polar surface area (TPSA) is 96.7 Å². The van der Waals surface area contributed by atoms with E-state index in [1.165, 1.54) is 0 Å². The number of nitrogens with one attached hydrogen (secondary N) is 2. The molecule has 1 aromatic carbocycles. The number of carbonyl (C=O) groups excluding carboxylic acids is 2. The molecule has 7 heteroatoms. The molecule has 1 aliphatic rings. The number of hydrogen-bond donors (Lipinski definition) is 3. The van der Waals surface area contributed by atoms with Crippen LogP contribution in [0.15, 0.2) is 24.3 Å². The monoisotopic (exact) mass is 292 g/mol. The molecule has 2 rings (SSSR count). The van der Waals surface area contributed by atoms with E-state index in [2.05, 4.69) is 10.7 Å². The van der Waals surface area contributed by atoms with Crippen LogP contribution in [-0.4, -0.2) is 49.6 Å². The number of nitrogen functional groups attached to an aromatic ring is 1. The molecule has 1 saturated heterocycles. The van der Waals surface area contributed by atoms with Gasteiger partial charge in [0.05, 0.1) is 13.2 Å². The summed E-state index contributed by atoms with van der Waals surface area (Å²) in [5.41, 5.74) is 3.49. The summed E-state index contributed by atoms with van der Waals surface area (Å²) < 4.78 is 5.37. The van der Waals surface area contributed by atoms with Crippen molar-refractivity contribution in [2.24, 2.45) is 5.84 Å². The molecule has 1 unspecified atom stereocenters. The fraction of sp³-hybridized carbons (Fsp3) is 0.429. The molecule has 0 saturated carbocycles. The van der Waals surface area contributed by atoms with Gasteiger partial charge in [-0.25, -0.2) is 5.84 Å². The maximum Gasteiger partial charge on any atom is 0.265 e. The summed E-state index contributed by atoms with van der Waals surface area (Å²) >= 11 is 0. The third-order valence-corrected chi connectivity index (χ3v) is 3.55. The summed E-state index contributed by atoms with van der Waals surface area (Å²) in [5, 5.41) is 2.64. The Kier molecular flexibility index (Phi) is 5.26. The lowest BCUT2D eigenvalue weighted by atomic mass is 10.0. The smallest absolute Gasteiger partial charge is 0.265 e. The fourth-order valence-corrected chi connectivity index (χ4v) is 2.41. The van der Waals surface area contributed by atoms with Gasteiger partial charge >= 0.3 is 0 Å². The lowest BCUT2D eigenvalue weighted by Crippen LogP contribution is -2.52. The number of benzene rings is 1. The molecule has 1 aliphatic heterocycles. The number of carbonyl (C=O) groups is 2. The number of amides is 2. The lowest BCUT2D eigenvalue weighted by molar-refractivity contribution is -0.132. The van der Waals surface area contributed by atoms with Crippen LogP contribution in [0.4, 0.5) is 0 Å². The minimum atomic E-state index is -0.349. The zero-order valence-corrected chi connectivity index (χ0v) is 12.0. The van der Waals surface area contributed by atoms with Crippen molar-refractivity contribution < 1.29 is 14.3 Å². The predicted octanol–water partition coefficient (Wildman–Crippen LogP) is -0.763. The number of likely N-dealkylation sites (N-methyl/N-ethyl adjacent to an activating group) is 1. The summed E-state index contributed by atoms with van der Waals surface area (Å²) in [4.78, 5) is 25.7. The zero-order chi connectivity index (χ0) is 15.2. The molecule has 1 heterocycles. The SMILES string of the molecule is CNC(=O)C1COCCN1Cc1ccccc1C(=O)NN. The van der Waals surface area contributed by atoms with Gasteiger partial charge in [0.2, 0.25) is 5.91 Å². The van der Waals surface area contributed by atoms with Crippen molar-refractivity contribution >= 4 is 11.8 Å². The molecule has 1 fully saturated rings. The first-order valence-electron chi connectivity index (χ1n) is 6.79. The van der Waals surface area contributed by atoms with Gasteiger partial charge in [0.15, 0.2) is 0 Å². The van der Waals surface area contributed by atoms with Gasteiger partial charge in [0, 0.05) is 25.7 Å². The maximum atomic E-state index is 11.9. The standard InChI is InChI=1S/C14H20N4O3/c1-16-14(20)12-9-21-7-6-18(12)8-10-4-2-3-5-11(10)13(19)17-15/h2-5,12H,6-9,15H2,1H3,(H,16,20)(H,17,19). The molecule has 0 spiro atoms. The minimum absolute atomic E-state index is 0.0875. The Balaban J connectivity index is 2.19. The Morgan fingerprint density at radius 3 is 2.90 bits per heavy atom. The molecule has 0 bridgehead atoms. The summed E-state index contributed by atoms with van der Waals surface area (Å²) in [6.45, 7) is 2.05. The Morgan fingerprint density at radius 2 is 2.19 bits per heavy atom. The zero-order valence-electron chi connectivity index (χ0n) is 12.0. The van der Waals surface area contributed by atoms with Crippen molar-refractivity contribution in [3.63, 3.8) is 0 Å². The highest BCUT2D eigenvalue weighted by atomic mass is 16.5. The average molecular weight is 292 g/mol. The lowest BCUT2D eigenvalue weighted by Gasteiger charge is -2.34. The number of morpholine rings is 1. The highest BCUT2D eigenvalue weighted by molar-refractivity contribution is 5.95. The molecule has 114 valence electrons. The van der Waals surface area contributed by atoms with E-state index < -0.39 is 0 Å². The first-order chi connectivity index (χ1) is 10.2. The maximum absolute atomic E-state index is 11.9. The van der Waals surface area contributed by atoms with Gasteiger partial charge in [-0.1, -0.05) is 18.2 Å². The number of ether oxygens (including phenoxy) is 1. The van der Waals surface area contributed by atoms with Gasteiger partial charge in [-0.3, -0.25) is 19.9 Å². The number of rotatable bonds is 4. The van der Waals surface area contributed by atoms with Crippen molar-refractivity contribution in [1.29, 1.82) is 0 Å². The van der Waals surface area contributed by atoms with E-state index >= 15 is 0 Å². The highest BCUT2D eigenvalue weighted by Gasteiger charge is 2.29. The molecule has 1 atom stereocenters. The van der Waals surface area contributed by atoms with E-state index in [9.17, 15) is 9.59 Å². The van der Waals surface area contributed by atoms with Crippen LogP contribution in [0.3, 0.4) is 0 Å². The molecule has 21 heavy (non-hydrogen) atoms. The molecule has 7 nitrogen and oxygen atoms in total. The van der Waals surface area contributed by atoms with Crippen LogP contribution in [0.25, 0.3) is 0 Å². The molecular weight excluding hydrogens is 272 g/mol. The normalized spacial score (nSPS) is 19.0. The Hall–Kier alpha value is -1.96. The van der Waals surface area contributed by atoms with Crippen molar-refractivity contribution in [3.8, 4) is 0 Å². The van der Waals surface area contributed by atoms with Crippen LogP contribution in [0.5, 0.6) is 0 Å². The van der Waals surface area contributed by atoms with Crippen molar-refractivity contribution in [2.45, 2.75) is 12.6 Å². The van der Waals surface area contributed by atoms with Crippen LogP contribution in [0.2, 0.25) is 0 Å². The molecule has 2 amide bonds. The second-order valence-electron chi connectivity index (χ2n) is 4.81. The van der Waals surface area contributed by atoms with E-state index in [1.54, 1.807) is 19.2 Å². The van der Waals surface area contributed by atoms with Crippen molar-refractivity contribution in [1.82, 2.24) is 15.6 Å². The largest absolute Gasteiger partial charge is 0.378 e. The van der Waals surface area contributed by atoms with Gasteiger partial charge < -0.3 is 10.1 Å². The van der Waals surface area contributed by atoms with Gasteiger partial charge in [0.1, 0.15) is 6.04 Å². The average Bonchev–Trinajstić information content (AvgIpc) is 2.54. The summed E-state index contributed by atoms with van der Waals surface area (Å²) in [6.07, 6.45) is 0. The van der Waals surface area contributed by atoms with Crippen LogP contribution < -0.4 is 16.6 Å². The molecule has 4 N–H and O–H groups in total. The third-order valence-electron chi connectivity index (χ3n) is 3.55. The van der Waals surface area contributed by atoms with Gasteiger partial charge in [-0.05, 0) is 11.6 Å². The first kappa shape index (κ1) is 15.4. The van der Waals surface area contributed by atoms with Gasteiger partial charge in [-0.2, -0.15) is 0 Å². The summed E-state index contributed by atoms with van der Waals surface area (Å²) in [6, 6.07) is 6.87. The van der Waals surface area contributed by atoms with Crippen molar-refractivity contribution in [3.05, 3.63) is 35.4 Å². The van der Waals surface area contributed by atoms with Gasteiger partial charge in [-0.15, -0.1) is 0 Å². The number of hydrazine groups is 1. The Bertz CT molecular complexity index is 521. The molecular formula is C14H20N4O3. The summed E-state index contributed by atoms with van der Waals surface area (Å²) in [7, 11) is 1.60. The molecule has 1 aromatic rings. The minimum Gasteiger partial charge on any atom is -0.378 e. The first-order valence-corrected chi connectivity index (χ1v) is 6.79. The summed E-state index contributed by atoms with van der Waals surface area (Å²) in [5.74, 6) is 4.78. The van der Waals surface area contributed by atoms with E-state index in [1.807, 2.05) is 17.0 Å². The second kappa shape index (κ2) is 7.16.